The van der Waals surface area contributed by atoms with Crippen LogP contribution in [0, 0.1) is 0 Å². The summed E-state index contributed by atoms with van der Waals surface area (Å²) in [5.74, 6) is -0.0688. The molecule has 0 unspecified atom stereocenters. The number of hydrogen-bond donors (Lipinski definition) is 1. The van der Waals surface area contributed by atoms with Gasteiger partial charge in [-0.2, -0.15) is 5.10 Å². The summed E-state index contributed by atoms with van der Waals surface area (Å²) >= 11 is 0. The van der Waals surface area contributed by atoms with Crippen molar-refractivity contribution in [2.75, 3.05) is 45.2 Å². The second-order valence-corrected chi connectivity index (χ2v) is 6.27. The molecule has 0 radical (unpaired) electrons. The number of aryl methyl sites for hydroxylation is 1. The van der Waals surface area contributed by atoms with Crippen LogP contribution in [0.2, 0.25) is 0 Å². The molecule has 1 N–H and O–H groups in total. The lowest BCUT2D eigenvalue weighted by Gasteiger charge is -2.48. The van der Waals surface area contributed by atoms with E-state index in [0.717, 1.165) is 18.7 Å². The first-order valence-corrected chi connectivity index (χ1v) is 7.42. The van der Waals surface area contributed by atoms with Gasteiger partial charge in [-0.1, -0.05) is 0 Å². The fraction of sp³-hybridized carbons (Fsp3) is 0.643. The van der Waals surface area contributed by atoms with Crippen molar-refractivity contribution in [2.24, 2.45) is 7.05 Å². The third-order valence-corrected chi connectivity index (χ3v) is 4.46. The van der Waals surface area contributed by atoms with Gasteiger partial charge in [-0.25, -0.2) is 4.79 Å². The molecule has 3 rings (SSSR count). The standard InChI is InChI=1S/C14H22N6O2/c1-17(2)13(22)20-8-12(21)19(11-6-16-18(3)7-11)10-14(20)4-5-15-9-14/h6-7,15H,4-5,8-10H2,1-3H3/t14-/m1/s1. The van der Waals surface area contributed by atoms with Crippen LogP contribution in [0.5, 0.6) is 0 Å². The molecule has 3 amide bonds. The highest BCUT2D eigenvalue weighted by Crippen LogP contribution is 2.31. The van der Waals surface area contributed by atoms with Crippen LogP contribution < -0.4 is 10.2 Å². The van der Waals surface area contributed by atoms with Gasteiger partial charge in [0.2, 0.25) is 5.91 Å². The van der Waals surface area contributed by atoms with Crippen LogP contribution in [0.3, 0.4) is 0 Å². The molecule has 0 aromatic carbocycles. The highest BCUT2D eigenvalue weighted by molar-refractivity contribution is 5.98. The van der Waals surface area contributed by atoms with Gasteiger partial charge in [0.05, 0.1) is 24.0 Å². The van der Waals surface area contributed by atoms with Crippen LogP contribution in [0.15, 0.2) is 12.4 Å². The number of carbonyl (C=O) groups excluding carboxylic acids is 2. The Balaban J connectivity index is 1.92. The number of nitrogens with one attached hydrogen (secondary N) is 1. The molecule has 1 spiro atoms. The molecule has 1 aromatic heterocycles. The van der Waals surface area contributed by atoms with E-state index in [2.05, 4.69) is 10.4 Å². The van der Waals surface area contributed by atoms with Crippen LogP contribution in [-0.2, 0) is 11.8 Å². The Hall–Kier alpha value is -2.09. The molecule has 2 aliphatic heterocycles. The molecule has 8 nitrogen and oxygen atoms in total. The number of anilines is 1. The fourth-order valence-electron chi connectivity index (χ4n) is 3.25. The Morgan fingerprint density at radius 1 is 1.45 bits per heavy atom. The maximum atomic E-state index is 12.5. The van der Waals surface area contributed by atoms with Crippen molar-refractivity contribution >= 4 is 17.6 Å². The Bertz CT molecular complexity index is 590. The zero-order valence-electron chi connectivity index (χ0n) is 13.2. The molecule has 1 atom stereocenters. The molecule has 2 fully saturated rings. The maximum Gasteiger partial charge on any atom is 0.320 e. The lowest BCUT2D eigenvalue weighted by molar-refractivity contribution is -0.123. The van der Waals surface area contributed by atoms with Gasteiger partial charge < -0.3 is 20.0 Å². The smallest absolute Gasteiger partial charge is 0.320 e. The van der Waals surface area contributed by atoms with Crippen molar-refractivity contribution in [3.63, 3.8) is 0 Å². The first-order chi connectivity index (χ1) is 10.4. The average Bonchev–Trinajstić information content (AvgIpc) is 3.10. The summed E-state index contributed by atoms with van der Waals surface area (Å²) in [6.45, 7) is 2.17. The summed E-state index contributed by atoms with van der Waals surface area (Å²) in [5.41, 5.74) is 0.446. The monoisotopic (exact) mass is 306 g/mol. The SMILES string of the molecule is CN(C)C(=O)N1CC(=O)N(c2cnn(C)c2)C[C@]12CCNC2. The number of nitrogens with zero attached hydrogens (tertiary/aromatic N) is 5. The molecule has 0 bridgehead atoms. The number of urea groups is 1. The molecule has 22 heavy (non-hydrogen) atoms. The Kier molecular flexibility index (Phi) is 3.56. The summed E-state index contributed by atoms with van der Waals surface area (Å²) in [6.07, 6.45) is 4.37. The highest BCUT2D eigenvalue weighted by Gasteiger charge is 2.49. The van der Waals surface area contributed by atoms with Crippen molar-refractivity contribution in [2.45, 2.75) is 12.0 Å². The number of aromatic nitrogens is 2. The first kappa shape index (κ1) is 14.8. The van der Waals surface area contributed by atoms with E-state index in [1.165, 1.54) is 4.90 Å². The molecule has 2 aliphatic rings. The molecular weight excluding hydrogens is 284 g/mol. The van der Waals surface area contributed by atoms with Crippen LogP contribution in [0.25, 0.3) is 0 Å². The molecule has 0 saturated carbocycles. The molecular formula is C14H22N6O2. The lowest BCUT2D eigenvalue weighted by Crippen LogP contribution is -2.68. The van der Waals surface area contributed by atoms with Crippen molar-refractivity contribution in [1.82, 2.24) is 24.9 Å². The zero-order valence-corrected chi connectivity index (χ0v) is 13.2. The molecule has 1 aromatic rings. The zero-order chi connectivity index (χ0) is 15.9. The molecule has 2 saturated heterocycles. The predicted molar refractivity (Wildman–Crippen MR) is 81.6 cm³/mol. The van der Waals surface area contributed by atoms with Gasteiger partial charge in [0.1, 0.15) is 6.54 Å². The predicted octanol–water partition coefficient (Wildman–Crippen LogP) is -0.518. The topological polar surface area (TPSA) is 73.7 Å². The van der Waals surface area contributed by atoms with Crippen LogP contribution >= 0.6 is 0 Å². The normalized spacial score (nSPS) is 25.1. The number of carbonyl (C=O) groups is 2. The third kappa shape index (κ3) is 2.33. The second kappa shape index (κ2) is 5.28. The van der Waals surface area contributed by atoms with E-state index in [4.69, 9.17) is 0 Å². The molecule has 120 valence electrons. The van der Waals surface area contributed by atoms with Crippen molar-refractivity contribution in [3.8, 4) is 0 Å². The van der Waals surface area contributed by atoms with Crippen molar-refractivity contribution < 1.29 is 9.59 Å². The first-order valence-electron chi connectivity index (χ1n) is 7.42. The van der Waals surface area contributed by atoms with E-state index in [1.54, 1.807) is 34.8 Å². The van der Waals surface area contributed by atoms with E-state index in [-0.39, 0.29) is 24.0 Å². The summed E-state index contributed by atoms with van der Waals surface area (Å²) in [7, 11) is 5.26. The molecule has 0 aliphatic carbocycles. The number of rotatable bonds is 1. The van der Waals surface area contributed by atoms with Gasteiger partial charge in [0, 0.05) is 33.9 Å². The van der Waals surface area contributed by atoms with Crippen molar-refractivity contribution in [1.29, 1.82) is 0 Å². The van der Waals surface area contributed by atoms with Crippen molar-refractivity contribution in [3.05, 3.63) is 12.4 Å². The summed E-state index contributed by atoms with van der Waals surface area (Å²) in [5, 5.41) is 7.47. The van der Waals surface area contributed by atoms with Gasteiger partial charge in [-0.3, -0.25) is 9.48 Å². The van der Waals surface area contributed by atoms with Crippen LogP contribution in [0.1, 0.15) is 6.42 Å². The van der Waals surface area contributed by atoms with Gasteiger partial charge in [0.15, 0.2) is 0 Å². The Morgan fingerprint density at radius 3 is 2.77 bits per heavy atom. The number of hydrogen-bond acceptors (Lipinski definition) is 4. The van der Waals surface area contributed by atoms with E-state index in [1.807, 2.05) is 13.2 Å². The third-order valence-electron chi connectivity index (χ3n) is 4.46. The minimum atomic E-state index is -0.342. The fourth-order valence-corrected chi connectivity index (χ4v) is 3.25. The summed E-state index contributed by atoms with van der Waals surface area (Å²) in [6, 6.07) is -0.108. The highest BCUT2D eigenvalue weighted by atomic mass is 16.2. The molecule has 3 heterocycles. The largest absolute Gasteiger partial charge is 0.331 e. The van der Waals surface area contributed by atoms with Crippen LogP contribution in [0.4, 0.5) is 10.5 Å². The lowest BCUT2D eigenvalue weighted by atomic mass is 9.92. The number of amides is 3. The quantitative estimate of drug-likeness (QED) is 0.758. The van der Waals surface area contributed by atoms with Gasteiger partial charge in [0.25, 0.3) is 0 Å². The van der Waals surface area contributed by atoms with Crippen LogP contribution in [-0.4, -0.2) is 77.3 Å². The minimum absolute atomic E-state index is 0.0688. The van der Waals surface area contributed by atoms with E-state index in [9.17, 15) is 9.59 Å². The average molecular weight is 306 g/mol. The maximum absolute atomic E-state index is 12.5. The second-order valence-electron chi connectivity index (χ2n) is 6.27. The number of piperazine rings is 1. The minimum Gasteiger partial charge on any atom is -0.331 e. The van der Waals surface area contributed by atoms with Gasteiger partial charge >= 0.3 is 6.03 Å². The molecule has 8 heteroatoms. The van der Waals surface area contributed by atoms with E-state index < -0.39 is 0 Å². The summed E-state index contributed by atoms with van der Waals surface area (Å²) in [4.78, 5) is 30.0. The Morgan fingerprint density at radius 2 is 2.23 bits per heavy atom. The van der Waals surface area contributed by atoms with E-state index >= 15 is 0 Å². The van der Waals surface area contributed by atoms with Gasteiger partial charge in [-0.05, 0) is 13.0 Å². The van der Waals surface area contributed by atoms with E-state index in [0.29, 0.717) is 13.1 Å². The Labute approximate surface area is 129 Å². The summed E-state index contributed by atoms with van der Waals surface area (Å²) < 4.78 is 1.68. The van der Waals surface area contributed by atoms with Gasteiger partial charge in [-0.15, -0.1) is 0 Å².